The summed E-state index contributed by atoms with van der Waals surface area (Å²) < 4.78 is 0. The molecule has 15 heavy (non-hydrogen) atoms. The van der Waals surface area contributed by atoms with Gasteiger partial charge in [0, 0.05) is 14.1 Å². The minimum absolute atomic E-state index is 0.312. The van der Waals surface area contributed by atoms with Crippen LogP contribution >= 0.6 is 11.6 Å². The van der Waals surface area contributed by atoms with E-state index < -0.39 is 0 Å². The van der Waals surface area contributed by atoms with Crippen LogP contribution in [0.1, 0.15) is 5.56 Å². The maximum atomic E-state index is 11.4. The summed E-state index contributed by atoms with van der Waals surface area (Å²) in [5.74, 6) is 0. The smallest absolute Gasteiger partial charge is 0.305 e. The van der Waals surface area contributed by atoms with Gasteiger partial charge in [-0.25, -0.2) is 9.80 Å². The minimum Gasteiger partial charge on any atom is -0.305 e. The lowest BCUT2D eigenvalue weighted by Gasteiger charge is -2.13. The van der Waals surface area contributed by atoms with E-state index in [9.17, 15) is 4.79 Å². The second-order valence-electron chi connectivity index (χ2n) is 3.44. The molecule has 82 valence electrons. The number of aryl methyl sites for hydroxylation is 1. The molecule has 0 unspecified atom stereocenters. The molecule has 1 aromatic carbocycles. The maximum Gasteiger partial charge on any atom is 0.333 e. The molecule has 0 fully saturated rings. The summed E-state index contributed by atoms with van der Waals surface area (Å²) in [6.45, 7) is 1.94. The van der Waals surface area contributed by atoms with Gasteiger partial charge in [0.05, 0.1) is 10.7 Å². The van der Waals surface area contributed by atoms with Gasteiger partial charge in [-0.05, 0) is 24.6 Å². The van der Waals surface area contributed by atoms with Crippen LogP contribution < -0.4 is 10.7 Å². The van der Waals surface area contributed by atoms with Crippen molar-refractivity contribution in [3.8, 4) is 0 Å². The Morgan fingerprint density at radius 2 is 2.07 bits per heavy atom. The van der Waals surface area contributed by atoms with Gasteiger partial charge in [-0.2, -0.15) is 0 Å². The fourth-order valence-electron chi connectivity index (χ4n) is 1.09. The van der Waals surface area contributed by atoms with Gasteiger partial charge in [-0.15, -0.1) is 0 Å². The zero-order valence-corrected chi connectivity index (χ0v) is 9.72. The van der Waals surface area contributed by atoms with Crippen molar-refractivity contribution in [3.05, 3.63) is 28.8 Å². The first-order chi connectivity index (χ1) is 6.99. The third kappa shape index (κ3) is 3.77. The van der Waals surface area contributed by atoms with Gasteiger partial charge in [0.2, 0.25) is 0 Å². The lowest BCUT2D eigenvalue weighted by molar-refractivity contribution is 0.224. The molecule has 0 atom stereocenters. The molecular formula is C10H14ClN3O. The molecule has 0 aliphatic rings. The number of hydrogen-bond donors (Lipinski definition) is 2. The second kappa shape index (κ2) is 5.00. The number of carbonyl (C=O) groups is 1. The van der Waals surface area contributed by atoms with Crippen LogP contribution in [0.15, 0.2) is 18.2 Å². The second-order valence-corrected chi connectivity index (χ2v) is 3.85. The summed E-state index contributed by atoms with van der Waals surface area (Å²) in [5.41, 5.74) is 4.21. The monoisotopic (exact) mass is 227 g/mol. The first-order valence-corrected chi connectivity index (χ1v) is 4.88. The number of urea groups is 1. The summed E-state index contributed by atoms with van der Waals surface area (Å²) in [6, 6.07) is 5.14. The fraction of sp³-hybridized carbons (Fsp3) is 0.300. The van der Waals surface area contributed by atoms with Crippen LogP contribution in [0.4, 0.5) is 10.5 Å². The Kier molecular flexibility index (Phi) is 3.94. The Morgan fingerprint density at radius 3 is 2.67 bits per heavy atom. The maximum absolute atomic E-state index is 11.4. The molecule has 0 radical (unpaired) electrons. The van der Waals surface area contributed by atoms with Crippen molar-refractivity contribution >= 4 is 23.3 Å². The number of nitrogens with zero attached hydrogens (tertiary/aromatic N) is 1. The van der Waals surface area contributed by atoms with E-state index in [2.05, 4.69) is 10.7 Å². The molecule has 2 N–H and O–H groups in total. The summed E-state index contributed by atoms with van der Waals surface area (Å²) in [4.78, 5) is 11.4. The fourth-order valence-corrected chi connectivity index (χ4v) is 1.25. The summed E-state index contributed by atoms with van der Waals surface area (Å²) >= 11 is 5.92. The van der Waals surface area contributed by atoms with Crippen LogP contribution in [0.2, 0.25) is 5.02 Å². The van der Waals surface area contributed by atoms with Crippen molar-refractivity contribution < 1.29 is 4.79 Å². The summed E-state index contributed by atoms with van der Waals surface area (Å²) in [7, 11) is 3.47. The van der Waals surface area contributed by atoms with Crippen LogP contribution in [-0.4, -0.2) is 25.1 Å². The molecule has 0 bridgehead atoms. The highest BCUT2D eigenvalue weighted by Gasteiger charge is 2.05. The van der Waals surface area contributed by atoms with Crippen LogP contribution in [-0.2, 0) is 0 Å². The topological polar surface area (TPSA) is 44.4 Å². The Morgan fingerprint density at radius 1 is 1.40 bits per heavy atom. The number of anilines is 1. The molecular weight excluding hydrogens is 214 g/mol. The van der Waals surface area contributed by atoms with Gasteiger partial charge in [0.15, 0.2) is 0 Å². The third-order valence-corrected chi connectivity index (χ3v) is 2.02. The SMILES string of the molecule is Cc1ccc(Cl)c(NC(=O)NN(C)C)c1. The zero-order valence-electron chi connectivity index (χ0n) is 8.97. The van der Waals surface area contributed by atoms with Crippen molar-refractivity contribution in [2.75, 3.05) is 19.4 Å². The van der Waals surface area contributed by atoms with E-state index in [-0.39, 0.29) is 6.03 Å². The van der Waals surface area contributed by atoms with E-state index in [1.54, 1.807) is 25.2 Å². The van der Waals surface area contributed by atoms with Crippen LogP contribution in [0, 0.1) is 6.92 Å². The Balaban J connectivity index is 2.71. The van der Waals surface area contributed by atoms with Gasteiger partial charge in [0.25, 0.3) is 0 Å². The first kappa shape index (κ1) is 11.8. The molecule has 1 aromatic rings. The molecule has 4 nitrogen and oxygen atoms in total. The lowest BCUT2D eigenvalue weighted by atomic mass is 10.2. The molecule has 2 amide bonds. The van der Waals surface area contributed by atoms with E-state index >= 15 is 0 Å². The molecule has 5 heteroatoms. The van der Waals surface area contributed by atoms with Crippen molar-refractivity contribution in [1.29, 1.82) is 0 Å². The first-order valence-electron chi connectivity index (χ1n) is 4.50. The molecule has 0 aliphatic carbocycles. The van der Waals surface area contributed by atoms with E-state index in [4.69, 9.17) is 11.6 Å². The number of hydrazine groups is 1. The number of benzene rings is 1. The van der Waals surface area contributed by atoms with E-state index in [1.165, 1.54) is 0 Å². The van der Waals surface area contributed by atoms with Gasteiger partial charge in [0.1, 0.15) is 0 Å². The molecule has 0 aromatic heterocycles. The van der Waals surface area contributed by atoms with Crippen molar-refractivity contribution in [3.63, 3.8) is 0 Å². The van der Waals surface area contributed by atoms with Crippen LogP contribution in [0.3, 0.4) is 0 Å². The predicted octanol–water partition coefficient (Wildman–Crippen LogP) is 2.25. The molecule has 0 aliphatic heterocycles. The van der Waals surface area contributed by atoms with Gasteiger partial charge in [-0.1, -0.05) is 17.7 Å². The van der Waals surface area contributed by atoms with Crippen molar-refractivity contribution in [1.82, 2.24) is 10.4 Å². The minimum atomic E-state index is -0.312. The highest BCUT2D eigenvalue weighted by Crippen LogP contribution is 2.22. The van der Waals surface area contributed by atoms with E-state index in [1.807, 2.05) is 19.1 Å². The molecule has 0 saturated heterocycles. The molecule has 1 rings (SSSR count). The highest BCUT2D eigenvalue weighted by atomic mass is 35.5. The standard InChI is InChI=1S/C10H14ClN3O/c1-7-4-5-8(11)9(6-7)12-10(15)13-14(2)3/h4-6H,1-3H3,(H2,12,13,15). The number of rotatable bonds is 2. The number of carbonyl (C=O) groups excluding carboxylic acids is 1. The normalized spacial score (nSPS) is 10.2. The summed E-state index contributed by atoms with van der Waals surface area (Å²) in [5, 5.41) is 4.74. The predicted molar refractivity (Wildman–Crippen MR) is 62.0 cm³/mol. The summed E-state index contributed by atoms with van der Waals surface area (Å²) in [6.07, 6.45) is 0. The van der Waals surface area contributed by atoms with E-state index in [0.29, 0.717) is 10.7 Å². The average Bonchev–Trinajstić information content (AvgIpc) is 2.10. The Hall–Kier alpha value is -1.26. The van der Waals surface area contributed by atoms with Gasteiger partial charge < -0.3 is 5.32 Å². The number of halogens is 1. The quantitative estimate of drug-likeness (QED) is 0.762. The third-order valence-electron chi connectivity index (χ3n) is 1.70. The molecule has 0 heterocycles. The number of nitrogens with one attached hydrogen (secondary N) is 2. The average molecular weight is 228 g/mol. The van der Waals surface area contributed by atoms with Gasteiger partial charge >= 0.3 is 6.03 Å². The van der Waals surface area contributed by atoms with Crippen LogP contribution in [0.5, 0.6) is 0 Å². The van der Waals surface area contributed by atoms with E-state index in [0.717, 1.165) is 5.56 Å². The Labute approximate surface area is 94.2 Å². The largest absolute Gasteiger partial charge is 0.333 e. The molecule has 0 spiro atoms. The van der Waals surface area contributed by atoms with Gasteiger partial charge in [-0.3, -0.25) is 5.43 Å². The molecule has 0 saturated carbocycles. The van der Waals surface area contributed by atoms with Crippen LogP contribution in [0.25, 0.3) is 0 Å². The Bertz CT molecular complexity index is 366. The zero-order chi connectivity index (χ0) is 11.4. The number of hydrogen-bond acceptors (Lipinski definition) is 2. The van der Waals surface area contributed by atoms with Crippen molar-refractivity contribution in [2.45, 2.75) is 6.92 Å². The lowest BCUT2D eigenvalue weighted by Crippen LogP contribution is -2.39. The number of amides is 2. The van der Waals surface area contributed by atoms with Crippen molar-refractivity contribution in [2.24, 2.45) is 0 Å². The highest BCUT2D eigenvalue weighted by molar-refractivity contribution is 6.33.